The zero-order chi connectivity index (χ0) is 33.2. The molecular weight excluding hydrogens is 625 g/mol. The van der Waals surface area contributed by atoms with E-state index in [1.165, 1.54) is 18.4 Å². The Morgan fingerprint density at radius 2 is 1.78 bits per heavy atom. The first-order chi connectivity index (χ1) is 21.6. The van der Waals surface area contributed by atoms with Crippen LogP contribution in [0.15, 0.2) is 23.1 Å². The molecule has 2 amide bonds. The number of nitrogens with zero attached hydrogens (tertiary/aromatic N) is 5. The van der Waals surface area contributed by atoms with Gasteiger partial charge < -0.3 is 29.2 Å². The highest BCUT2D eigenvalue weighted by Crippen LogP contribution is 2.73. The van der Waals surface area contributed by atoms with Gasteiger partial charge in [-0.3, -0.25) is 9.59 Å². The Labute approximate surface area is 267 Å². The molecule has 1 saturated heterocycles. The minimum atomic E-state index is -4.28. The maximum absolute atomic E-state index is 14.2. The third-order valence-corrected chi connectivity index (χ3v) is 10.1. The first-order valence-electron chi connectivity index (χ1n) is 15.2. The number of amides is 2. The van der Waals surface area contributed by atoms with Crippen LogP contribution in [0.3, 0.4) is 0 Å². The van der Waals surface area contributed by atoms with Crippen LogP contribution in [-0.4, -0.2) is 82.0 Å². The third-order valence-electron chi connectivity index (χ3n) is 9.00. The smallest absolute Gasteiger partial charge is 0.410 e. The van der Waals surface area contributed by atoms with Crippen LogP contribution in [0.2, 0.25) is 0 Å². The molecule has 0 aromatic carbocycles. The molecule has 1 aliphatic heterocycles. The number of alkyl halides is 3. The van der Waals surface area contributed by atoms with Gasteiger partial charge in [0.2, 0.25) is 17.2 Å². The van der Waals surface area contributed by atoms with Gasteiger partial charge in [0.25, 0.3) is 0 Å². The van der Waals surface area contributed by atoms with Crippen molar-refractivity contribution in [2.24, 2.45) is 5.41 Å². The molecule has 248 valence electrons. The highest BCUT2D eigenvalue weighted by atomic mass is 32.1. The molecule has 3 aromatic rings. The summed E-state index contributed by atoms with van der Waals surface area (Å²) >= 11 is 1.19. The van der Waals surface area contributed by atoms with Crippen LogP contribution in [-0.2, 0) is 22.5 Å². The molecule has 3 saturated carbocycles. The van der Waals surface area contributed by atoms with E-state index in [-0.39, 0.29) is 31.2 Å². The van der Waals surface area contributed by atoms with Gasteiger partial charge in [-0.1, -0.05) is 6.92 Å². The van der Waals surface area contributed by atoms with E-state index in [0.29, 0.717) is 70.8 Å². The van der Waals surface area contributed by atoms with E-state index in [0.717, 1.165) is 0 Å². The van der Waals surface area contributed by atoms with Crippen molar-refractivity contribution < 1.29 is 32.2 Å². The molecule has 4 aliphatic rings. The number of thiazole rings is 1. The van der Waals surface area contributed by atoms with Crippen molar-refractivity contribution in [3.8, 4) is 16.5 Å². The number of pyridine rings is 2. The van der Waals surface area contributed by atoms with Crippen molar-refractivity contribution in [3.63, 3.8) is 0 Å². The van der Waals surface area contributed by atoms with Crippen LogP contribution in [0.25, 0.3) is 20.9 Å². The molecule has 11 nitrogen and oxygen atoms in total. The molecular formula is C31H37F3N6O5S. The highest BCUT2D eigenvalue weighted by molar-refractivity contribution is 7.21. The summed E-state index contributed by atoms with van der Waals surface area (Å²) in [5, 5.41) is 3.40. The Kier molecular flexibility index (Phi) is 7.76. The standard InChI is InChI=1S/C31H37F3N6O5S/c1-6-19-22(38-9-11-39(12-10-38)27(43)45-28(2,3)4)23(42)24-25(36-26(46-24)18-7-8-35-21(13-18)44-5)40(19)14-20(41)37-30-15-29(16-30,17-30)31(32,33)34/h7-8,13H,6,9-12,14-17H2,1-5H3,(H,37,41). The number of piperazine rings is 1. The number of hydrogen-bond acceptors (Lipinski definition) is 9. The number of fused-ring (bicyclic) bond motifs is 1. The maximum atomic E-state index is 14.2. The van der Waals surface area contributed by atoms with Crippen LogP contribution in [0.4, 0.5) is 23.7 Å². The number of carbonyl (C=O) groups excluding carboxylic acids is 2. The van der Waals surface area contributed by atoms with Gasteiger partial charge >= 0.3 is 12.3 Å². The Morgan fingerprint density at radius 3 is 2.37 bits per heavy atom. The zero-order valence-corrected chi connectivity index (χ0v) is 27.2. The number of ether oxygens (including phenoxy) is 2. The number of methoxy groups -OCH3 is 1. The first-order valence-corrected chi connectivity index (χ1v) is 16.1. The van der Waals surface area contributed by atoms with Gasteiger partial charge in [-0.15, -0.1) is 11.3 Å². The number of halogens is 3. The molecule has 3 aliphatic carbocycles. The monoisotopic (exact) mass is 662 g/mol. The summed E-state index contributed by atoms with van der Waals surface area (Å²) in [6.07, 6.45) is -3.10. The molecule has 2 bridgehead atoms. The minimum absolute atomic E-state index is 0.118. The summed E-state index contributed by atoms with van der Waals surface area (Å²) in [5.74, 6) is -0.0599. The lowest BCUT2D eigenvalue weighted by atomic mass is 9.39. The van der Waals surface area contributed by atoms with Crippen LogP contribution >= 0.6 is 11.3 Å². The number of carbonyl (C=O) groups is 2. The van der Waals surface area contributed by atoms with Crippen molar-refractivity contribution in [2.45, 2.75) is 77.2 Å². The highest BCUT2D eigenvalue weighted by Gasteiger charge is 2.78. The summed E-state index contributed by atoms with van der Waals surface area (Å²) in [7, 11) is 1.50. The Balaban J connectivity index is 1.34. The molecule has 7 rings (SSSR count). The van der Waals surface area contributed by atoms with Crippen LogP contribution in [0, 0.1) is 5.41 Å². The predicted molar refractivity (Wildman–Crippen MR) is 166 cm³/mol. The summed E-state index contributed by atoms with van der Waals surface area (Å²) in [6, 6.07) is 3.45. The Morgan fingerprint density at radius 1 is 1.11 bits per heavy atom. The fourth-order valence-electron chi connectivity index (χ4n) is 6.91. The summed E-state index contributed by atoms with van der Waals surface area (Å²) in [4.78, 5) is 52.8. The Bertz CT molecular complexity index is 1740. The lowest BCUT2D eigenvalue weighted by Gasteiger charge is -2.70. The topological polar surface area (TPSA) is 119 Å². The number of aromatic nitrogens is 3. The molecule has 15 heteroatoms. The van der Waals surface area contributed by atoms with Gasteiger partial charge in [-0.05, 0) is 52.5 Å². The second-order valence-corrected chi connectivity index (χ2v) is 14.4. The van der Waals surface area contributed by atoms with E-state index >= 15 is 0 Å². The van der Waals surface area contributed by atoms with Crippen molar-refractivity contribution in [2.75, 3.05) is 38.2 Å². The van der Waals surface area contributed by atoms with E-state index in [4.69, 9.17) is 14.5 Å². The van der Waals surface area contributed by atoms with Crippen molar-refractivity contribution in [1.29, 1.82) is 0 Å². The molecule has 0 radical (unpaired) electrons. The van der Waals surface area contributed by atoms with Crippen molar-refractivity contribution in [1.82, 2.24) is 24.8 Å². The van der Waals surface area contributed by atoms with Crippen LogP contribution < -0.4 is 20.4 Å². The second kappa shape index (κ2) is 11.1. The van der Waals surface area contributed by atoms with E-state index in [2.05, 4.69) is 10.3 Å². The number of hydrogen-bond donors (Lipinski definition) is 1. The van der Waals surface area contributed by atoms with E-state index in [1.54, 1.807) is 48.6 Å². The molecule has 1 N–H and O–H groups in total. The third kappa shape index (κ3) is 5.56. The average Bonchev–Trinajstić information content (AvgIpc) is 3.40. The minimum Gasteiger partial charge on any atom is -0.481 e. The molecule has 4 heterocycles. The fourth-order valence-corrected chi connectivity index (χ4v) is 7.92. The molecule has 46 heavy (non-hydrogen) atoms. The van der Waals surface area contributed by atoms with Gasteiger partial charge in [-0.2, -0.15) is 13.2 Å². The molecule has 0 spiro atoms. The summed E-state index contributed by atoms with van der Waals surface area (Å²) < 4.78 is 53.2. The maximum Gasteiger partial charge on any atom is 0.410 e. The molecule has 4 fully saturated rings. The van der Waals surface area contributed by atoms with Crippen molar-refractivity contribution in [3.05, 3.63) is 34.2 Å². The SMILES string of the molecule is CCc1c(N2CCN(C(=O)OC(C)(C)C)CC2)c(=O)c2sc(-c3ccnc(OC)c3)nc2n1CC(=O)NC12CC(C(F)(F)F)(C1)C2. The fraction of sp³-hybridized carbons (Fsp3) is 0.581. The van der Waals surface area contributed by atoms with Gasteiger partial charge in [0.1, 0.15) is 27.5 Å². The van der Waals surface area contributed by atoms with Gasteiger partial charge in [0.15, 0.2) is 5.65 Å². The molecule has 0 atom stereocenters. The van der Waals surface area contributed by atoms with Gasteiger partial charge in [-0.25, -0.2) is 14.8 Å². The zero-order valence-electron chi connectivity index (χ0n) is 26.4. The lowest BCUT2D eigenvalue weighted by molar-refractivity contribution is -0.337. The first kappa shape index (κ1) is 32.1. The van der Waals surface area contributed by atoms with E-state index in [9.17, 15) is 27.6 Å². The molecule has 3 aromatic heterocycles. The lowest BCUT2D eigenvalue weighted by Crippen LogP contribution is -2.78. The summed E-state index contributed by atoms with van der Waals surface area (Å²) in [6.45, 7) is 8.49. The second-order valence-electron chi connectivity index (χ2n) is 13.4. The number of anilines is 1. The summed E-state index contributed by atoms with van der Waals surface area (Å²) in [5.41, 5.74) is -1.39. The largest absolute Gasteiger partial charge is 0.481 e. The van der Waals surface area contributed by atoms with Gasteiger partial charge in [0.05, 0.1) is 12.5 Å². The number of nitrogens with one attached hydrogen (secondary N) is 1. The molecule has 0 unspecified atom stereocenters. The number of rotatable bonds is 7. The van der Waals surface area contributed by atoms with E-state index in [1.807, 2.05) is 11.8 Å². The van der Waals surface area contributed by atoms with Crippen LogP contribution in [0.1, 0.15) is 52.7 Å². The predicted octanol–water partition coefficient (Wildman–Crippen LogP) is 4.75. The van der Waals surface area contributed by atoms with E-state index < -0.39 is 34.7 Å². The van der Waals surface area contributed by atoms with Gasteiger partial charge in [0, 0.05) is 55.2 Å². The average molecular weight is 663 g/mol. The normalized spacial score (nSPS) is 22.7. The quantitative estimate of drug-likeness (QED) is 0.385. The van der Waals surface area contributed by atoms with Crippen LogP contribution in [0.5, 0.6) is 5.88 Å². The Hall–Kier alpha value is -3.88. The van der Waals surface area contributed by atoms with Crippen molar-refractivity contribution >= 4 is 39.4 Å².